The van der Waals surface area contributed by atoms with E-state index in [9.17, 15) is 0 Å². The van der Waals surface area contributed by atoms with Gasteiger partial charge < -0.3 is 0 Å². The first-order chi connectivity index (χ1) is 35.4. The van der Waals surface area contributed by atoms with Gasteiger partial charge in [0.15, 0.2) is 0 Å². The summed E-state index contributed by atoms with van der Waals surface area (Å²) < 4.78 is 61.2. The standard InChI is InChI=1S/C60H45N6O3P3/c67-70(52-26-10-3-11-27-52)61(46-22-6-1-7-23-46)55-32-16-18-34-57(55)63(70)48-38-42-50(43-39-48)65-59-36-20-21-37-60(59)66(72(65,69)54-30-14-5-15-31-54)51-44-40-49(41-45-51)64-58-35-19-17-33-56(58)62(47-24-8-2-9-25-47)71(64,68)53-28-12-4-13-29-53/h1-45H. The van der Waals surface area contributed by atoms with E-state index in [1.807, 2.05) is 301 Å². The van der Waals surface area contributed by atoms with Gasteiger partial charge in [0.2, 0.25) is 0 Å². The smallest absolute Gasteiger partial charge is 0.270 e. The molecule has 0 saturated carbocycles. The first kappa shape index (κ1) is 43.7. The highest BCUT2D eigenvalue weighted by molar-refractivity contribution is 7.77. The first-order valence-corrected chi connectivity index (χ1v) is 28.6. The Labute approximate surface area is 419 Å². The molecule has 0 aliphatic carbocycles. The van der Waals surface area contributed by atoms with Crippen molar-refractivity contribution in [2.45, 2.75) is 0 Å². The average molecular weight is 991 g/mol. The predicted octanol–water partition coefficient (Wildman–Crippen LogP) is 16.1. The lowest BCUT2D eigenvalue weighted by Gasteiger charge is -2.35. The molecule has 12 heteroatoms. The zero-order valence-electron chi connectivity index (χ0n) is 38.7. The van der Waals surface area contributed by atoms with Crippen LogP contribution in [-0.2, 0) is 13.7 Å². The van der Waals surface area contributed by atoms with Gasteiger partial charge in [0, 0.05) is 34.1 Å². The fraction of sp³-hybridized carbons (Fsp3) is 0. The van der Waals surface area contributed by atoms with Gasteiger partial charge in [-0.25, -0.2) is 0 Å². The molecule has 3 aliphatic heterocycles. The molecular formula is C60H45N6O3P3. The third kappa shape index (κ3) is 6.52. The lowest BCUT2D eigenvalue weighted by Crippen LogP contribution is -2.27. The van der Waals surface area contributed by atoms with Crippen molar-refractivity contribution >= 4 is 106 Å². The van der Waals surface area contributed by atoms with Crippen LogP contribution in [0.2, 0.25) is 0 Å². The Kier molecular flexibility index (Phi) is 10.5. The van der Waals surface area contributed by atoms with Crippen molar-refractivity contribution in [2.24, 2.45) is 0 Å². The molecule has 0 spiro atoms. The number of hydrogen-bond donors (Lipinski definition) is 0. The molecule has 0 amide bonds. The molecule has 3 heterocycles. The number of benzene rings is 10. The van der Waals surface area contributed by atoms with Gasteiger partial charge in [0.1, 0.15) is 0 Å². The number of anilines is 12. The minimum absolute atomic E-state index is 0.649. The Bertz CT molecular complexity index is 3550. The molecule has 0 radical (unpaired) electrons. The lowest BCUT2D eigenvalue weighted by atomic mass is 10.2. The van der Waals surface area contributed by atoms with E-state index >= 15 is 13.7 Å². The van der Waals surface area contributed by atoms with Gasteiger partial charge >= 0.3 is 22.3 Å². The van der Waals surface area contributed by atoms with Crippen molar-refractivity contribution < 1.29 is 13.7 Å². The second-order valence-electron chi connectivity index (χ2n) is 17.7. The summed E-state index contributed by atoms with van der Waals surface area (Å²) in [5.74, 6) is 0. The third-order valence-corrected chi connectivity index (χ3v) is 22.4. The minimum atomic E-state index is -3.79. The summed E-state index contributed by atoms with van der Waals surface area (Å²) in [5, 5.41) is 2.04. The molecule has 0 fully saturated rings. The molecule has 0 N–H and O–H groups in total. The maximum atomic E-state index is 16.8. The molecule has 10 aromatic rings. The average Bonchev–Trinajstić information content (AvgIpc) is 4.01. The van der Waals surface area contributed by atoms with Crippen LogP contribution in [0.15, 0.2) is 273 Å². The van der Waals surface area contributed by atoms with Gasteiger partial charge in [-0.2, -0.15) is 0 Å². The molecular weight excluding hydrogens is 946 g/mol. The zero-order chi connectivity index (χ0) is 48.4. The van der Waals surface area contributed by atoms with Gasteiger partial charge in [-0.3, -0.25) is 41.7 Å². The van der Waals surface area contributed by atoms with Crippen LogP contribution in [0.1, 0.15) is 0 Å². The van der Waals surface area contributed by atoms with Gasteiger partial charge in [-0.1, -0.05) is 127 Å². The second kappa shape index (κ2) is 17.2. The van der Waals surface area contributed by atoms with Crippen LogP contribution >= 0.6 is 22.3 Å². The van der Waals surface area contributed by atoms with Crippen molar-refractivity contribution in [3.8, 4) is 0 Å². The molecule has 0 saturated heterocycles. The summed E-state index contributed by atoms with van der Waals surface area (Å²) in [6.07, 6.45) is 0. The van der Waals surface area contributed by atoms with E-state index in [1.165, 1.54) is 0 Å². The minimum Gasteiger partial charge on any atom is -0.270 e. The zero-order valence-corrected chi connectivity index (χ0v) is 41.4. The summed E-state index contributed by atoms with van der Waals surface area (Å²) in [4.78, 5) is 0. The van der Waals surface area contributed by atoms with Crippen LogP contribution in [0.4, 0.5) is 68.2 Å². The fourth-order valence-corrected chi connectivity index (χ4v) is 19.6. The van der Waals surface area contributed by atoms with Crippen molar-refractivity contribution in [1.29, 1.82) is 0 Å². The molecule has 9 nitrogen and oxygen atoms in total. The molecule has 348 valence electrons. The van der Waals surface area contributed by atoms with Crippen LogP contribution in [-0.4, -0.2) is 0 Å². The SMILES string of the molecule is O=P1(c2ccccc2)N(c2ccccc2)c2ccccc2N1c1ccc(N2c3ccccc3N(c3ccc(N4c5ccccc5N(c5ccccc5)P4(=O)c4ccccc4)cc3)P2(=O)c2ccccc2)cc1. The molecule has 0 aromatic heterocycles. The van der Waals surface area contributed by atoms with Crippen LogP contribution in [0.5, 0.6) is 0 Å². The van der Waals surface area contributed by atoms with Gasteiger partial charge in [0.05, 0.1) is 50.0 Å². The number of nitrogens with zero attached hydrogens (tertiary/aromatic N) is 6. The summed E-state index contributed by atoms with van der Waals surface area (Å²) in [5.41, 5.74) is 9.40. The van der Waals surface area contributed by atoms with Crippen molar-refractivity contribution in [3.05, 3.63) is 273 Å². The van der Waals surface area contributed by atoms with E-state index in [4.69, 9.17) is 0 Å². The molecule has 2 unspecified atom stereocenters. The van der Waals surface area contributed by atoms with Gasteiger partial charge in [-0.05, 0) is 146 Å². The first-order valence-electron chi connectivity index (χ1n) is 23.8. The Morgan fingerprint density at radius 1 is 0.181 bits per heavy atom. The highest BCUT2D eigenvalue weighted by atomic mass is 31.2. The van der Waals surface area contributed by atoms with Crippen LogP contribution in [0.3, 0.4) is 0 Å². The van der Waals surface area contributed by atoms with Crippen LogP contribution < -0.4 is 43.9 Å². The quantitative estimate of drug-likeness (QED) is 0.132. The third-order valence-electron chi connectivity index (χ3n) is 13.6. The van der Waals surface area contributed by atoms with E-state index in [1.54, 1.807) is 0 Å². The van der Waals surface area contributed by atoms with Crippen molar-refractivity contribution in [3.63, 3.8) is 0 Å². The van der Waals surface area contributed by atoms with Crippen LogP contribution in [0.25, 0.3) is 0 Å². The highest BCUT2D eigenvalue weighted by Crippen LogP contribution is 2.73. The Morgan fingerprint density at radius 3 is 0.528 bits per heavy atom. The Balaban J connectivity index is 0.928. The van der Waals surface area contributed by atoms with E-state index in [0.29, 0.717) is 27.3 Å². The summed E-state index contributed by atoms with van der Waals surface area (Å²) in [7, 11) is -11.0. The fourth-order valence-electron chi connectivity index (χ4n) is 10.6. The van der Waals surface area contributed by atoms with E-state index < -0.39 is 22.3 Å². The molecule has 13 rings (SSSR count). The topological polar surface area (TPSA) is 70.7 Å². The van der Waals surface area contributed by atoms with E-state index in [0.717, 1.165) is 56.9 Å². The Morgan fingerprint density at radius 2 is 0.333 bits per heavy atom. The summed E-state index contributed by atoms with van der Waals surface area (Å²) in [6.45, 7) is 0. The second-order valence-corrected chi connectivity index (χ2v) is 24.9. The number of rotatable bonds is 9. The molecule has 0 bridgehead atoms. The Hall–Kier alpha value is -8.31. The summed E-state index contributed by atoms with van der Waals surface area (Å²) in [6, 6.07) is 88.7. The number of para-hydroxylation sites is 8. The highest BCUT2D eigenvalue weighted by Gasteiger charge is 2.52. The van der Waals surface area contributed by atoms with Gasteiger partial charge in [-0.15, -0.1) is 0 Å². The van der Waals surface area contributed by atoms with Crippen LogP contribution in [0, 0.1) is 0 Å². The number of fused-ring (bicyclic) bond motifs is 3. The van der Waals surface area contributed by atoms with Crippen molar-refractivity contribution in [2.75, 3.05) is 28.0 Å². The molecule has 72 heavy (non-hydrogen) atoms. The van der Waals surface area contributed by atoms with Gasteiger partial charge in [0.25, 0.3) is 0 Å². The molecule has 3 aliphatic rings. The normalized spacial score (nSPS) is 19.8. The van der Waals surface area contributed by atoms with E-state index in [-0.39, 0.29) is 0 Å². The van der Waals surface area contributed by atoms with Crippen molar-refractivity contribution in [1.82, 2.24) is 0 Å². The summed E-state index contributed by atoms with van der Waals surface area (Å²) >= 11 is 0. The molecule has 2 atom stereocenters. The van der Waals surface area contributed by atoms with E-state index in [2.05, 4.69) is 0 Å². The number of hydrogen-bond acceptors (Lipinski definition) is 3. The monoisotopic (exact) mass is 990 g/mol. The maximum Gasteiger partial charge on any atom is 0.301 e. The maximum absolute atomic E-state index is 16.8. The predicted molar refractivity (Wildman–Crippen MR) is 299 cm³/mol. The lowest BCUT2D eigenvalue weighted by molar-refractivity contribution is 0.581. The largest absolute Gasteiger partial charge is 0.301 e. The molecule has 10 aromatic carbocycles.